The Hall–Kier alpha value is -0.830. The number of nitrogens with two attached hydrogens (primary N) is 1. The van der Waals surface area contributed by atoms with E-state index in [0.29, 0.717) is 18.5 Å². The van der Waals surface area contributed by atoms with E-state index in [2.05, 4.69) is 25.9 Å². The summed E-state index contributed by atoms with van der Waals surface area (Å²) in [5.74, 6) is 0.598. The number of nitrogens with zero attached hydrogens (tertiary/aromatic N) is 4. The standard InChI is InChI=1S/C13H16BrN5.HI/c1-18(11-3-4-11)13(15)16-6-10-8-19-7-9(14)2-5-12(19)17-10;/h2,5,7-8,11H,3-4,6H2,1H3,(H2,15,16);1H. The molecular weight excluding hydrogens is 433 g/mol. The van der Waals surface area contributed by atoms with Crippen LogP contribution in [0.2, 0.25) is 0 Å². The molecule has 0 bridgehead atoms. The predicted molar refractivity (Wildman–Crippen MR) is 94.4 cm³/mol. The van der Waals surface area contributed by atoms with E-state index in [1.807, 2.05) is 40.9 Å². The van der Waals surface area contributed by atoms with Gasteiger partial charge < -0.3 is 15.0 Å². The second-order valence-electron chi connectivity index (χ2n) is 4.86. The minimum atomic E-state index is 0. The van der Waals surface area contributed by atoms with Gasteiger partial charge in [-0.2, -0.15) is 0 Å². The molecule has 2 heterocycles. The van der Waals surface area contributed by atoms with Gasteiger partial charge in [0, 0.05) is 30.0 Å². The normalized spacial score (nSPS) is 15.2. The van der Waals surface area contributed by atoms with Crippen LogP contribution < -0.4 is 5.73 Å². The molecule has 0 atom stereocenters. The number of fused-ring (bicyclic) bond motifs is 1. The number of imidazole rings is 1. The number of rotatable bonds is 3. The highest BCUT2D eigenvalue weighted by atomic mass is 127. The molecule has 0 aliphatic heterocycles. The Balaban J connectivity index is 0.00000147. The van der Waals surface area contributed by atoms with Crippen LogP contribution in [0.1, 0.15) is 18.5 Å². The fourth-order valence-electron chi connectivity index (χ4n) is 2.02. The molecule has 7 heteroatoms. The van der Waals surface area contributed by atoms with Crippen LogP contribution in [0.25, 0.3) is 5.65 Å². The molecule has 1 aliphatic rings. The van der Waals surface area contributed by atoms with E-state index in [1.54, 1.807) is 0 Å². The molecule has 2 aromatic heterocycles. The molecule has 0 aromatic carbocycles. The summed E-state index contributed by atoms with van der Waals surface area (Å²) in [4.78, 5) is 11.0. The van der Waals surface area contributed by atoms with Crippen molar-refractivity contribution in [2.45, 2.75) is 25.4 Å². The lowest BCUT2D eigenvalue weighted by Crippen LogP contribution is -2.35. The van der Waals surface area contributed by atoms with Crippen LogP contribution in [0.3, 0.4) is 0 Å². The zero-order valence-corrected chi connectivity index (χ0v) is 15.1. The van der Waals surface area contributed by atoms with Gasteiger partial charge in [-0.05, 0) is 40.9 Å². The maximum Gasteiger partial charge on any atom is 0.191 e. The van der Waals surface area contributed by atoms with E-state index < -0.39 is 0 Å². The first-order chi connectivity index (χ1) is 9.13. The SMILES string of the molecule is CN(C(N)=NCc1cn2cc(Br)ccc2n1)C1CC1.I. The summed E-state index contributed by atoms with van der Waals surface area (Å²) in [7, 11) is 2.00. The fraction of sp³-hybridized carbons (Fsp3) is 0.385. The lowest BCUT2D eigenvalue weighted by atomic mass is 10.5. The average Bonchev–Trinajstić information content (AvgIpc) is 3.16. The van der Waals surface area contributed by atoms with Gasteiger partial charge in [-0.15, -0.1) is 24.0 Å². The lowest BCUT2D eigenvalue weighted by Gasteiger charge is -2.16. The Labute approximate surface area is 143 Å². The average molecular weight is 450 g/mol. The highest BCUT2D eigenvalue weighted by molar-refractivity contribution is 14.0. The molecular formula is C13H17BrIN5. The van der Waals surface area contributed by atoms with Crippen LogP contribution in [-0.2, 0) is 6.54 Å². The van der Waals surface area contributed by atoms with Crippen molar-refractivity contribution in [2.24, 2.45) is 10.7 Å². The van der Waals surface area contributed by atoms with Crippen LogP contribution >= 0.6 is 39.9 Å². The molecule has 2 aromatic rings. The van der Waals surface area contributed by atoms with Crippen molar-refractivity contribution in [1.82, 2.24) is 14.3 Å². The first kappa shape index (κ1) is 15.6. The molecule has 5 nitrogen and oxygen atoms in total. The van der Waals surface area contributed by atoms with Crippen LogP contribution in [0.15, 0.2) is 34.0 Å². The molecule has 0 spiro atoms. The third-order valence-electron chi connectivity index (χ3n) is 3.32. The Morgan fingerprint density at radius 2 is 2.25 bits per heavy atom. The highest BCUT2D eigenvalue weighted by Gasteiger charge is 2.27. The summed E-state index contributed by atoms with van der Waals surface area (Å²) in [5.41, 5.74) is 7.80. The molecule has 2 N–H and O–H groups in total. The van der Waals surface area contributed by atoms with Crippen LogP contribution in [0.4, 0.5) is 0 Å². The number of aromatic nitrogens is 2. The largest absolute Gasteiger partial charge is 0.370 e. The predicted octanol–water partition coefficient (Wildman–Crippen LogP) is 2.62. The summed E-state index contributed by atoms with van der Waals surface area (Å²) in [6, 6.07) is 4.53. The van der Waals surface area contributed by atoms with E-state index in [4.69, 9.17) is 5.73 Å². The molecule has 1 aliphatic carbocycles. The van der Waals surface area contributed by atoms with Gasteiger partial charge in [0.25, 0.3) is 0 Å². The molecule has 1 fully saturated rings. The third kappa shape index (κ3) is 3.43. The fourth-order valence-corrected chi connectivity index (χ4v) is 2.37. The molecule has 3 rings (SSSR count). The van der Waals surface area contributed by atoms with Crippen molar-refractivity contribution in [3.63, 3.8) is 0 Å². The topological polar surface area (TPSA) is 58.9 Å². The molecule has 1 saturated carbocycles. The summed E-state index contributed by atoms with van der Waals surface area (Å²) in [6.07, 6.45) is 6.40. The smallest absolute Gasteiger partial charge is 0.191 e. The van der Waals surface area contributed by atoms with Gasteiger partial charge in [0.1, 0.15) is 5.65 Å². The quantitative estimate of drug-likeness (QED) is 0.445. The Morgan fingerprint density at radius 3 is 2.95 bits per heavy atom. The van der Waals surface area contributed by atoms with Gasteiger partial charge in [0.05, 0.1) is 12.2 Å². The van der Waals surface area contributed by atoms with Crippen molar-refractivity contribution < 1.29 is 0 Å². The summed E-state index contributed by atoms with van der Waals surface area (Å²) < 4.78 is 3.01. The maximum atomic E-state index is 5.96. The molecule has 0 saturated heterocycles. The van der Waals surface area contributed by atoms with E-state index in [9.17, 15) is 0 Å². The second-order valence-corrected chi connectivity index (χ2v) is 5.78. The Kier molecular flexibility index (Phi) is 4.90. The number of guanidine groups is 1. The number of halogens is 2. The van der Waals surface area contributed by atoms with E-state index >= 15 is 0 Å². The first-order valence-electron chi connectivity index (χ1n) is 6.29. The minimum absolute atomic E-state index is 0. The lowest BCUT2D eigenvalue weighted by molar-refractivity contribution is 0.487. The maximum absolute atomic E-state index is 5.96. The number of aliphatic imine (C=N–C) groups is 1. The van der Waals surface area contributed by atoms with E-state index in [1.165, 1.54) is 12.8 Å². The molecule has 0 amide bonds. The van der Waals surface area contributed by atoms with Gasteiger partial charge in [-0.25, -0.2) is 9.98 Å². The second kappa shape index (κ2) is 6.30. The zero-order valence-electron chi connectivity index (χ0n) is 11.2. The van der Waals surface area contributed by atoms with Gasteiger partial charge in [-0.1, -0.05) is 0 Å². The van der Waals surface area contributed by atoms with Crippen LogP contribution in [-0.4, -0.2) is 33.3 Å². The molecule has 0 radical (unpaired) electrons. The highest BCUT2D eigenvalue weighted by Crippen LogP contribution is 2.24. The van der Waals surface area contributed by atoms with Crippen molar-refractivity contribution in [1.29, 1.82) is 0 Å². The van der Waals surface area contributed by atoms with E-state index in [0.717, 1.165) is 15.8 Å². The Bertz CT molecular complexity index is 635. The number of pyridine rings is 1. The van der Waals surface area contributed by atoms with Gasteiger partial charge in [0.15, 0.2) is 5.96 Å². The first-order valence-corrected chi connectivity index (χ1v) is 7.08. The Morgan fingerprint density at radius 1 is 1.50 bits per heavy atom. The van der Waals surface area contributed by atoms with Crippen molar-refractivity contribution in [2.75, 3.05) is 7.05 Å². The van der Waals surface area contributed by atoms with Crippen molar-refractivity contribution in [3.05, 3.63) is 34.7 Å². The molecule has 0 unspecified atom stereocenters. The zero-order chi connectivity index (χ0) is 13.4. The summed E-state index contributed by atoms with van der Waals surface area (Å²) >= 11 is 3.44. The monoisotopic (exact) mass is 449 g/mol. The van der Waals surface area contributed by atoms with Crippen molar-refractivity contribution in [3.8, 4) is 0 Å². The summed E-state index contributed by atoms with van der Waals surface area (Å²) in [5, 5.41) is 0. The number of hydrogen-bond acceptors (Lipinski definition) is 2. The van der Waals surface area contributed by atoms with Crippen LogP contribution in [0.5, 0.6) is 0 Å². The van der Waals surface area contributed by atoms with Gasteiger partial charge >= 0.3 is 0 Å². The van der Waals surface area contributed by atoms with E-state index in [-0.39, 0.29) is 24.0 Å². The molecule has 20 heavy (non-hydrogen) atoms. The van der Waals surface area contributed by atoms with Crippen LogP contribution in [0, 0.1) is 0 Å². The van der Waals surface area contributed by atoms with Gasteiger partial charge in [0.2, 0.25) is 0 Å². The summed E-state index contributed by atoms with van der Waals surface area (Å²) in [6.45, 7) is 0.516. The number of hydrogen-bond donors (Lipinski definition) is 1. The third-order valence-corrected chi connectivity index (χ3v) is 3.79. The molecule has 108 valence electrons. The van der Waals surface area contributed by atoms with Crippen molar-refractivity contribution >= 4 is 51.5 Å². The van der Waals surface area contributed by atoms with Gasteiger partial charge in [-0.3, -0.25) is 0 Å². The minimum Gasteiger partial charge on any atom is -0.370 e.